The van der Waals surface area contributed by atoms with E-state index >= 15 is 0 Å². The molecule has 0 radical (unpaired) electrons. The Hall–Kier alpha value is -3.89. The van der Waals surface area contributed by atoms with Crippen LogP contribution in [0.15, 0.2) is 83.3 Å². The van der Waals surface area contributed by atoms with E-state index in [1.165, 1.54) is 16.2 Å². The average Bonchev–Trinajstić information content (AvgIpc) is 3.51. The summed E-state index contributed by atoms with van der Waals surface area (Å²) in [6.07, 6.45) is -0.119. The molecule has 0 saturated heterocycles. The number of fused-ring (bicyclic) bond motifs is 1. The molecule has 0 saturated carbocycles. The Morgan fingerprint density at radius 1 is 0.946 bits per heavy atom. The van der Waals surface area contributed by atoms with E-state index in [1.54, 1.807) is 38.4 Å². The summed E-state index contributed by atoms with van der Waals surface area (Å²) in [7, 11) is -0.621. The lowest BCUT2D eigenvalue weighted by Gasteiger charge is -2.12. The number of sulfone groups is 1. The van der Waals surface area contributed by atoms with Gasteiger partial charge in [0.05, 0.1) is 16.0 Å². The molecule has 1 atom stereocenters. The molecule has 8 nitrogen and oxygen atoms in total. The first kappa shape index (κ1) is 24.8. The molecule has 0 aliphatic rings. The van der Waals surface area contributed by atoms with Crippen molar-refractivity contribution in [2.75, 3.05) is 14.1 Å². The van der Waals surface area contributed by atoms with Crippen LogP contribution in [-0.4, -0.2) is 48.5 Å². The van der Waals surface area contributed by atoms with Crippen molar-refractivity contribution in [1.29, 1.82) is 0 Å². The molecule has 0 N–H and O–H groups in total. The van der Waals surface area contributed by atoms with Gasteiger partial charge >= 0.3 is 0 Å². The topological polar surface area (TPSA) is 106 Å². The van der Waals surface area contributed by atoms with Gasteiger partial charge in [0.25, 0.3) is 0 Å². The molecule has 2 heterocycles. The molecule has 0 aliphatic carbocycles. The predicted octanol–water partition coefficient (Wildman–Crippen LogP) is 4.68. The van der Waals surface area contributed by atoms with Gasteiger partial charge in [-0.25, -0.2) is 13.4 Å². The summed E-state index contributed by atoms with van der Waals surface area (Å²) in [5.41, 5.74) is 3.39. The van der Waals surface area contributed by atoms with Crippen LogP contribution < -0.4 is 0 Å². The fourth-order valence-corrected chi connectivity index (χ4v) is 7.05. The third-order valence-corrected chi connectivity index (χ3v) is 8.93. The molecule has 0 aliphatic heterocycles. The van der Waals surface area contributed by atoms with Gasteiger partial charge in [0.2, 0.25) is 17.7 Å². The monoisotopic (exact) mass is 532 g/mol. The number of benzene rings is 3. The zero-order valence-electron chi connectivity index (χ0n) is 20.2. The Labute approximate surface area is 218 Å². The number of amides is 1. The first-order chi connectivity index (χ1) is 17.8. The maximum atomic E-state index is 13.8. The van der Waals surface area contributed by atoms with Gasteiger partial charge in [-0.15, -0.1) is 21.5 Å². The van der Waals surface area contributed by atoms with Crippen molar-refractivity contribution in [3.8, 4) is 11.1 Å². The van der Waals surface area contributed by atoms with Crippen molar-refractivity contribution >= 4 is 37.3 Å². The Kier molecular flexibility index (Phi) is 6.86. The van der Waals surface area contributed by atoms with Crippen LogP contribution in [0.3, 0.4) is 0 Å². The van der Waals surface area contributed by atoms with Crippen LogP contribution in [0.4, 0.5) is 0 Å². The summed E-state index contributed by atoms with van der Waals surface area (Å²) < 4.78 is 34.1. The fraction of sp³-hybridized carbons (Fsp3) is 0.185. The summed E-state index contributed by atoms with van der Waals surface area (Å²) in [5.74, 6) is -0.494. The second-order valence-electron chi connectivity index (χ2n) is 8.77. The van der Waals surface area contributed by atoms with Gasteiger partial charge in [0.15, 0.2) is 15.1 Å². The van der Waals surface area contributed by atoms with E-state index in [2.05, 4.69) is 15.2 Å². The highest BCUT2D eigenvalue weighted by molar-refractivity contribution is 7.91. The smallest absolute Gasteiger partial charge is 0.241 e. The van der Waals surface area contributed by atoms with Gasteiger partial charge < -0.3 is 9.32 Å². The second kappa shape index (κ2) is 10.2. The van der Waals surface area contributed by atoms with E-state index in [0.29, 0.717) is 16.1 Å². The Balaban J connectivity index is 1.57. The molecule has 0 bridgehead atoms. The lowest BCUT2D eigenvalue weighted by Crippen LogP contribution is -2.23. The van der Waals surface area contributed by atoms with Crippen LogP contribution >= 0.6 is 11.3 Å². The molecule has 0 fully saturated rings. The summed E-state index contributed by atoms with van der Waals surface area (Å²) in [6, 6.07) is 24.7. The number of hydrogen-bond acceptors (Lipinski definition) is 8. The zero-order valence-corrected chi connectivity index (χ0v) is 21.9. The van der Waals surface area contributed by atoms with Crippen LogP contribution in [0.1, 0.15) is 27.6 Å². The molecule has 1 amide bonds. The Bertz CT molecular complexity index is 1650. The van der Waals surface area contributed by atoms with Crippen LogP contribution in [0.25, 0.3) is 21.3 Å². The van der Waals surface area contributed by atoms with E-state index in [0.717, 1.165) is 15.8 Å². The highest BCUT2D eigenvalue weighted by atomic mass is 32.2. The minimum absolute atomic E-state index is 0.0566. The maximum Gasteiger partial charge on any atom is 0.241 e. The molecule has 37 heavy (non-hydrogen) atoms. The molecule has 2 aromatic heterocycles. The summed E-state index contributed by atoms with van der Waals surface area (Å²) in [6.45, 7) is 0. The zero-order chi connectivity index (χ0) is 26.0. The van der Waals surface area contributed by atoms with E-state index in [-0.39, 0.29) is 29.9 Å². The van der Waals surface area contributed by atoms with Gasteiger partial charge in [-0.2, -0.15) is 0 Å². The average molecular weight is 533 g/mol. The lowest BCUT2D eigenvalue weighted by atomic mass is 10.1. The fourth-order valence-electron chi connectivity index (χ4n) is 3.90. The number of rotatable bonds is 8. The van der Waals surface area contributed by atoms with Crippen molar-refractivity contribution in [2.45, 2.75) is 17.4 Å². The molecule has 5 rings (SSSR count). The highest BCUT2D eigenvalue weighted by Gasteiger charge is 2.37. The molecule has 1 unspecified atom stereocenters. The van der Waals surface area contributed by atoms with Crippen LogP contribution in [-0.2, 0) is 26.8 Å². The number of carbonyl (C=O) groups is 1. The van der Waals surface area contributed by atoms with Gasteiger partial charge in [0.1, 0.15) is 11.4 Å². The minimum atomic E-state index is -3.87. The van der Waals surface area contributed by atoms with Crippen LogP contribution in [0.2, 0.25) is 0 Å². The molecule has 188 valence electrons. The van der Waals surface area contributed by atoms with E-state index < -0.39 is 15.1 Å². The SMILES string of the molecule is CN(C)C(=O)Cc1nnc(C(c2nc3ccc(-c4ccccc4)cc3s2)S(=O)(=O)Cc2ccccc2)o1. The number of thiazole rings is 1. The summed E-state index contributed by atoms with van der Waals surface area (Å²) >= 11 is 1.28. The van der Waals surface area contributed by atoms with E-state index in [1.807, 2.05) is 54.6 Å². The Morgan fingerprint density at radius 3 is 2.35 bits per heavy atom. The summed E-state index contributed by atoms with van der Waals surface area (Å²) in [4.78, 5) is 18.2. The van der Waals surface area contributed by atoms with Crippen LogP contribution in [0.5, 0.6) is 0 Å². The van der Waals surface area contributed by atoms with Gasteiger partial charge in [-0.3, -0.25) is 4.79 Å². The maximum absolute atomic E-state index is 13.8. The van der Waals surface area contributed by atoms with Crippen molar-refractivity contribution < 1.29 is 17.6 Å². The number of hydrogen-bond donors (Lipinski definition) is 0. The quantitative estimate of drug-likeness (QED) is 0.286. The standard InChI is InChI=1S/C27H24N4O4S2/c1-31(2)24(32)16-23-29-30-26(35-23)25(37(33,34)17-18-9-5-3-6-10-18)27-28-21-14-13-20(15-22(21)36-27)19-11-7-4-8-12-19/h3-15,25H,16-17H2,1-2H3. The predicted molar refractivity (Wildman–Crippen MR) is 143 cm³/mol. The number of likely N-dealkylation sites (N-methyl/N-ethyl adjacent to an activating group) is 1. The van der Waals surface area contributed by atoms with Crippen molar-refractivity contribution in [3.63, 3.8) is 0 Å². The Morgan fingerprint density at radius 2 is 1.65 bits per heavy atom. The van der Waals surface area contributed by atoms with E-state index in [4.69, 9.17) is 4.42 Å². The molecule has 0 spiro atoms. The van der Waals surface area contributed by atoms with Gasteiger partial charge in [0, 0.05) is 14.1 Å². The third kappa shape index (κ3) is 5.45. The second-order valence-corrected chi connectivity index (χ2v) is 11.9. The molecular formula is C27H24N4O4S2. The minimum Gasteiger partial charge on any atom is -0.423 e. The van der Waals surface area contributed by atoms with Gasteiger partial charge in [-0.1, -0.05) is 66.7 Å². The third-order valence-electron chi connectivity index (χ3n) is 5.81. The molecule has 3 aromatic carbocycles. The normalized spacial score (nSPS) is 12.5. The first-order valence-corrected chi connectivity index (χ1v) is 14.1. The van der Waals surface area contributed by atoms with E-state index in [9.17, 15) is 13.2 Å². The molecule has 5 aromatic rings. The largest absolute Gasteiger partial charge is 0.423 e. The number of carbonyl (C=O) groups excluding carboxylic acids is 1. The highest BCUT2D eigenvalue weighted by Crippen LogP contribution is 2.38. The van der Waals surface area contributed by atoms with Crippen LogP contribution in [0, 0.1) is 0 Å². The molecular weight excluding hydrogens is 508 g/mol. The summed E-state index contributed by atoms with van der Waals surface area (Å²) in [5, 5.41) is 7.09. The van der Waals surface area contributed by atoms with Gasteiger partial charge in [-0.05, 0) is 28.8 Å². The first-order valence-electron chi connectivity index (χ1n) is 11.5. The lowest BCUT2D eigenvalue weighted by molar-refractivity contribution is -0.128. The van der Waals surface area contributed by atoms with Crippen molar-refractivity contribution in [3.05, 3.63) is 101 Å². The van der Waals surface area contributed by atoms with Crippen molar-refractivity contribution in [2.24, 2.45) is 0 Å². The number of nitrogens with zero attached hydrogens (tertiary/aromatic N) is 4. The number of aromatic nitrogens is 3. The van der Waals surface area contributed by atoms with Crippen molar-refractivity contribution in [1.82, 2.24) is 20.1 Å². The molecule has 10 heteroatoms.